The summed E-state index contributed by atoms with van der Waals surface area (Å²) in [5, 5.41) is 3.28. The molecule has 5 heteroatoms. The van der Waals surface area contributed by atoms with Gasteiger partial charge in [-0.05, 0) is 37.1 Å². The van der Waals surface area contributed by atoms with Crippen molar-refractivity contribution in [2.75, 3.05) is 19.6 Å². The average Bonchev–Trinajstić information content (AvgIpc) is 2.43. The monoisotopic (exact) mass is 261 g/mol. The molecule has 102 valence electrons. The van der Waals surface area contributed by atoms with Crippen LogP contribution in [-0.2, 0) is 17.8 Å². The number of fused-ring (bicyclic) bond motifs is 1. The van der Waals surface area contributed by atoms with E-state index >= 15 is 0 Å². The van der Waals surface area contributed by atoms with E-state index < -0.39 is 5.91 Å². The third-order valence-electron chi connectivity index (χ3n) is 3.39. The number of hydrogen-bond donors (Lipinski definition) is 2. The van der Waals surface area contributed by atoms with Gasteiger partial charge in [-0.2, -0.15) is 0 Å². The minimum atomic E-state index is -0.485. The Kier molecular flexibility index (Phi) is 4.16. The lowest BCUT2D eigenvalue weighted by molar-refractivity contribution is -0.118. The Hall–Kier alpha value is -1.88. The molecule has 0 unspecified atom stereocenters. The second-order valence-electron chi connectivity index (χ2n) is 4.66. The summed E-state index contributed by atoms with van der Waals surface area (Å²) < 4.78 is 0. The second kappa shape index (κ2) is 5.84. The van der Waals surface area contributed by atoms with Crippen molar-refractivity contribution in [3.63, 3.8) is 0 Å². The quantitative estimate of drug-likeness (QED) is 0.817. The summed E-state index contributed by atoms with van der Waals surface area (Å²) in [7, 11) is 0. The Morgan fingerprint density at radius 2 is 2.21 bits per heavy atom. The van der Waals surface area contributed by atoms with Crippen molar-refractivity contribution in [3.05, 3.63) is 34.9 Å². The van der Waals surface area contributed by atoms with E-state index in [-0.39, 0.29) is 12.5 Å². The summed E-state index contributed by atoms with van der Waals surface area (Å²) in [5.74, 6) is -0.596. The molecule has 0 aliphatic carbocycles. The first-order chi connectivity index (χ1) is 9.13. The van der Waals surface area contributed by atoms with Gasteiger partial charge in [-0.3, -0.25) is 9.59 Å². The lowest BCUT2D eigenvalue weighted by Gasteiger charge is -2.24. The maximum absolute atomic E-state index is 12.5. The van der Waals surface area contributed by atoms with Crippen molar-refractivity contribution in [1.82, 2.24) is 10.2 Å². The summed E-state index contributed by atoms with van der Waals surface area (Å²) in [6.45, 7) is 3.95. The smallest absolute Gasteiger partial charge is 0.254 e. The normalized spacial score (nSPS) is 13.7. The molecule has 0 saturated heterocycles. The van der Waals surface area contributed by atoms with Crippen LogP contribution in [0.4, 0.5) is 0 Å². The van der Waals surface area contributed by atoms with Crippen LogP contribution in [0.1, 0.15) is 28.4 Å². The van der Waals surface area contributed by atoms with Crippen LogP contribution in [0.25, 0.3) is 0 Å². The number of hydrogen-bond acceptors (Lipinski definition) is 3. The third kappa shape index (κ3) is 2.93. The number of amides is 2. The number of carbonyl (C=O) groups excluding carboxylic acids is 2. The van der Waals surface area contributed by atoms with E-state index in [1.807, 2.05) is 25.1 Å². The summed E-state index contributed by atoms with van der Waals surface area (Å²) in [6, 6.07) is 5.75. The van der Waals surface area contributed by atoms with E-state index in [4.69, 9.17) is 5.73 Å². The van der Waals surface area contributed by atoms with Crippen molar-refractivity contribution in [2.24, 2.45) is 5.73 Å². The van der Waals surface area contributed by atoms with E-state index in [0.717, 1.165) is 30.6 Å². The van der Waals surface area contributed by atoms with Crippen LogP contribution in [0.3, 0.4) is 0 Å². The molecule has 1 aliphatic heterocycles. The van der Waals surface area contributed by atoms with Crippen LogP contribution in [-0.4, -0.2) is 36.3 Å². The summed E-state index contributed by atoms with van der Waals surface area (Å²) in [5.41, 5.74) is 8.13. The van der Waals surface area contributed by atoms with Gasteiger partial charge in [0.05, 0.1) is 6.54 Å². The molecule has 0 bridgehead atoms. The molecule has 0 radical (unpaired) electrons. The van der Waals surface area contributed by atoms with Gasteiger partial charge < -0.3 is 16.0 Å². The third-order valence-corrected chi connectivity index (χ3v) is 3.39. The predicted molar refractivity (Wildman–Crippen MR) is 72.6 cm³/mol. The summed E-state index contributed by atoms with van der Waals surface area (Å²) in [4.78, 5) is 25.0. The van der Waals surface area contributed by atoms with Gasteiger partial charge in [-0.15, -0.1) is 0 Å². The van der Waals surface area contributed by atoms with E-state index in [0.29, 0.717) is 12.1 Å². The molecule has 1 aromatic carbocycles. The highest BCUT2D eigenvalue weighted by molar-refractivity contribution is 5.98. The maximum atomic E-state index is 12.5. The number of carbonyl (C=O) groups is 2. The number of likely N-dealkylation sites (N-methyl/N-ethyl adjacent to an activating group) is 1. The van der Waals surface area contributed by atoms with Crippen molar-refractivity contribution in [3.8, 4) is 0 Å². The molecular formula is C14H19N3O2. The molecule has 0 atom stereocenters. The number of benzene rings is 1. The zero-order chi connectivity index (χ0) is 13.8. The average molecular weight is 261 g/mol. The van der Waals surface area contributed by atoms with Gasteiger partial charge in [0.1, 0.15) is 0 Å². The zero-order valence-corrected chi connectivity index (χ0v) is 11.1. The standard InChI is InChI=1S/C14H19N3O2/c1-2-17(9-13(15)18)14(19)12-5-3-4-10-8-16-7-6-11(10)12/h3-5,16H,2,6-9H2,1H3,(H2,15,18). The molecule has 2 rings (SSSR count). The van der Waals surface area contributed by atoms with Crippen LogP contribution in [0.2, 0.25) is 0 Å². The Balaban J connectivity index is 2.30. The van der Waals surface area contributed by atoms with Gasteiger partial charge in [-0.1, -0.05) is 12.1 Å². The minimum Gasteiger partial charge on any atom is -0.368 e. The minimum absolute atomic E-state index is 0.0305. The van der Waals surface area contributed by atoms with Crippen LogP contribution in [0.15, 0.2) is 18.2 Å². The first-order valence-electron chi connectivity index (χ1n) is 6.52. The Morgan fingerprint density at radius 3 is 2.89 bits per heavy atom. The predicted octanol–water partition coefficient (Wildman–Crippen LogP) is 0.280. The van der Waals surface area contributed by atoms with Crippen LogP contribution in [0.5, 0.6) is 0 Å². The van der Waals surface area contributed by atoms with E-state index in [1.54, 1.807) is 0 Å². The molecule has 5 nitrogen and oxygen atoms in total. The highest BCUT2D eigenvalue weighted by atomic mass is 16.2. The summed E-state index contributed by atoms with van der Waals surface area (Å²) in [6.07, 6.45) is 0.839. The largest absolute Gasteiger partial charge is 0.368 e. The van der Waals surface area contributed by atoms with Crippen molar-refractivity contribution in [1.29, 1.82) is 0 Å². The van der Waals surface area contributed by atoms with Gasteiger partial charge in [-0.25, -0.2) is 0 Å². The molecule has 19 heavy (non-hydrogen) atoms. The molecule has 1 aromatic rings. The number of nitrogens with two attached hydrogens (primary N) is 1. The number of nitrogens with zero attached hydrogens (tertiary/aromatic N) is 1. The Morgan fingerprint density at radius 1 is 1.42 bits per heavy atom. The first kappa shape index (κ1) is 13.5. The van der Waals surface area contributed by atoms with Gasteiger partial charge in [0.25, 0.3) is 5.91 Å². The van der Waals surface area contributed by atoms with Crippen LogP contribution in [0, 0.1) is 0 Å². The summed E-state index contributed by atoms with van der Waals surface area (Å²) >= 11 is 0. The molecule has 0 saturated carbocycles. The first-order valence-corrected chi connectivity index (χ1v) is 6.52. The maximum Gasteiger partial charge on any atom is 0.254 e. The van der Waals surface area contributed by atoms with E-state index in [2.05, 4.69) is 5.32 Å². The molecule has 1 aliphatic rings. The van der Waals surface area contributed by atoms with E-state index in [9.17, 15) is 9.59 Å². The Bertz CT molecular complexity index is 499. The SMILES string of the molecule is CCN(CC(N)=O)C(=O)c1cccc2c1CCNC2. The van der Waals surface area contributed by atoms with Crippen LogP contribution >= 0.6 is 0 Å². The highest BCUT2D eigenvalue weighted by Gasteiger charge is 2.21. The van der Waals surface area contributed by atoms with E-state index in [1.165, 1.54) is 4.90 Å². The molecule has 0 fully saturated rings. The molecule has 0 aromatic heterocycles. The fourth-order valence-electron chi connectivity index (χ4n) is 2.42. The molecule has 1 heterocycles. The Labute approximate surface area is 112 Å². The van der Waals surface area contributed by atoms with Crippen LogP contribution < -0.4 is 11.1 Å². The zero-order valence-electron chi connectivity index (χ0n) is 11.1. The topological polar surface area (TPSA) is 75.4 Å². The number of nitrogens with one attached hydrogen (secondary N) is 1. The van der Waals surface area contributed by atoms with Crippen molar-refractivity contribution >= 4 is 11.8 Å². The molecule has 0 spiro atoms. The van der Waals surface area contributed by atoms with Gasteiger partial charge >= 0.3 is 0 Å². The van der Waals surface area contributed by atoms with Gasteiger partial charge in [0.15, 0.2) is 0 Å². The fraction of sp³-hybridized carbons (Fsp3) is 0.429. The van der Waals surface area contributed by atoms with Crippen molar-refractivity contribution in [2.45, 2.75) is 19.9 Å². The lowest BCUT2D eigenvalue weighted by Crippen LogP contribution is -2.39. The van der Waals surface area contributed by atoms with Gasteiger partial charge in [0, 0.05) is 18.7 Å². The fourth-order valence-corrected chi connectivity index (χ4v) is 2.42. The molecule has 3 N–H and O–H groups in total. The molecule has 2 amide bonds. The van der Waals surface area contributed by atoms with Crippen molar-refractivity contribution < 1.29 is 9.59 Å². The second-order valence-corrected chi connectivity index (χ2v) is 4.66. The molecular weight excluding hydrogens is 242 g/mol. The highest BCUT2D eigenvalue weighted by Crippen LogP contribution is 2.20. The number of primary amides is 1. The van der Waals surface area contributed by atoms with Gasteiger partial charge in [0.2, 0.25) is 5.91 Å². The number of rotatable bonds is 4. The lowest BCUT2D eigenvalue weighted by atomic mass is 9.95.